The Hall–Kier alpha value is -1.06. The van der Waals surface area contributed by atoms with Crippen LogP contribution in [0.25, 0.3) is 0 Å². The van der Waals surface area contributed by atoms with Crippen LogP contribution in [0.15, 0.2) is 0 Å². The van der Waals surface area contributed by atoms with E-state index in [1.165, 1.54) is 12.8 Å². The van der Waals surface area contributed by atoms with Gasteiger partial charge in [-0.2, -0.15) is 0 Å². The molecule has 0 saturated heterocycles. The van der Waals surface area contributed by atoms with Gasteiger partial charge in [0.2, 0.25) is 0 Å². The molecular weight excluding hydrogens is 280 g/mol. The predicted molar refractivity (Wildman–Crippen MR) is 84.1 cm³/mol. The molecule has 4 nitrogen and oxygen atoms in total. The van der Waals surface area contributed by atoms with E-state index in [1.807, 2.05) is 6.92 Å². The standard InChI is InChI=1S/C18H30O4/c1-12(11-21-17(20)14-7-8-14)22-16(19)13(2)15-6-5-9-18(3,4)10-15/h12-15H,5-11H2,1-4H3. The highest BCUT2D eigenvalue weighted by Crippen LogP contribution is 2.41. The Morgan fingerprint density at radius 1 is 1.18 bits per heavy atom. The van der Waals surface area contributed by atoms with Crippen LogP contribution in [-0.4, -0.2) is 24.6 Å². The van der Waals surface area contributed by atoms with Gasteiger partial charge in [0.05, 0.1) is 11.8 Å². The topological polar surface area (TPSA) is 52.6 Å². The van der Waals surface area contributed by atoms with Crippen molar-refractivity contribution in [2.24, 2.45) is 23.2 Å². The minimum atomic E-state index is -0.366. The van der Waals surface area contributed by atoms with E-state index in [2.05, 4.69) is 13.8 Å². The zero-order chi connectivity index (χ0) is 16.3. The Labute approximate surface area is 133 Å². The minimum Gasteiger partial charge on any atom is -0.462 e. The average molecular weight is 310 g/mol. The van der Waals surface area contributed by atoms with E-state index >= 15 is 0 Å². The van der Waals surface area contributed by atoms with Crippen molar-refractivity contribution in [3.05, 3.63) is 0 Å². The molecule has 0 aromatic carbocycles. The molecule has 0 aromatic rings. The first kappa shape index (κ1) is 17.3. The molecule has 2 rings (SSSR count). The second kappa shape index (κ2) is 7.01. The molecule has 2 fully saturated rings. The van der Waals surface area contributed by atoms with E-state index in [0.717, 1.165) is 25.7 Å². The SMILES string of the molecule is CC(COC(=O)C1CC1)OC(=O)C(C)C1CCCC(C)(C)C1. The van der Waals surface area contributed by atoms with Crippen LogP contribution in [0.1, 0.15) is 66.2 Å². The quantitative estimate of drug-likeness (QED) is 0.702. The molecule has 3 unspecified atom stereocenters. The molecule has 2 saturated carbocycles. The van der Waals surface area contributed by atoms with Gasteiger partial charge in [-0.15, -0.1) is 0 Å². The molecule has 0 radical (unpaired) electrons. The highest BCUT2D eigenvalue weighted by atomic mass is 16.6. The van der Waals surface area contributed by atoms with Crippen LogP contribution in [0.5, 0.6) is 0 Å². The van der Waals surface area contributed by atoms with Gasteiger partial charge in [-0.3, -0.25) is 9.59 Å². The van der Waals surface area contributed by atoms with Crippen molar-refractivity contribution in [1.82, 2.24) is 0 Å². The minimum absolute atomic E-state index is 0.0823. The second-order valence-corrected chi connectivity index (χ2v) is 7.96. The predicted octanol–water partition coefficient (Wildman–Crippen LogP) is 3.72. The molecule has 2 aliphatic carbocycles. The van der Waals surface area contributed by atoms with Gasteiger partial charge in [0, 0.05) is 0 Å². The van der Waals surface area contributed by atoms with Crippen LogP contribution in [0.3, 0.4) is 0 Å². The monoisotopic (exact) mass is 310 g/mol. The van der Waals surface area contributed by atoms with E-state index in [9.17, 15) is 9.59 Å². The van der Waals surface area contributed by atoms with Crippen LogP contribution in [0, 0.1) is 23.2 Å². The lowest BCUT2D eigenvalue weighted by Gasteiger charge is -2.37. The molecule has 22 heavy (non-hydrogen) atoms. The molecule has 2 aliphatic rings. The summed E-state index contributed by atoms with van der Waals surface area (Å²) in [6.07, 6.45) is 6.10. The van der Waals surface area contributed by atoms with Gasteiger partial charge in [0.1, 0.15) is 12.7 Å². The first-order valence-electron chi connectivity index (χ1n) is 8.65. The first-order valence-corrected chi connectivity index (χ1v) is 8.65. The fourth-order valence-corrected chi connectivity index (χ4v) is 3.35. The van der Waals surface area contributed by atoms with Crippen LogP contribution < -0.4 is 0 Å². The van der Waals surface area contributed by atoms with Crippen molar-refractivity contribution in [3.8, 4) is 0 Å². The normalized spacial score (nSPS) is 26.8. The maximum absolute atomic E-state index is 12.3. The zero-order valence-electron chi connectivity index (χ0n) is 14.4. The van der Waals surface area contributed by atoms with Gasteiger partial charge in [-0.05, 0) is 50.4 Å². The highest BCUT2D eigenvalue weighted by molar-refractivity contribution is 5.75. The summed E-state index contributed by atoms with van der Waals surface area (Å²) in [7, 11) is 0. The van der Waals surface area contributed by atoms with Crippen molar-refractivity contribution >= 4 is 11.9 Å². The molecule has 0 N–H and O–H groups in total. The lowest BCUT2D eigenvalue weighted by atomic mass is 9.68. The number of esters is 2. The Balaban J connectivity index is 1.73. The summed E-state index contributed by atoms with van der Waals surface area (Å²) < 4.78 is 10.6. The maximum atomic E-state index is 12.3. The molecule has 3 atom stereocenters. The Morgan fingerprint density at radius 3 is 2.45 bits per heavy atom. The summed E-state index contributed by atoms with van der Waals surface area (Å²) >= 11 is 0. The zero-order valence-corrected chi connectivity index (χ0v) is 14.4. The highest BCUT2D eigenvalue weighted by Gasteiger charge is 2.35. The van der Waals surface area contributed by atoms with Gasteiger partial charge in [0.15, 0.2) is 0 Å². The molecular formula is C18H30O4. The second-order valence-electron chi connectivity index (χ2n) is 7.96. The molecule has 0 bridgehead atoms. The third-order valence-electron chi connectivity index (χ3n) is 5.01. The number of rotatable bonds is 6. The summed E-state index contributed by atoms with van der Waals surface area (Å²) in [5.41, 5.74) is 0.322. The lowest BCUT2D eigenvalue weighted by molar-refractivity contribution is -0.163. The Kier molecular flexibility index (Phi) is 5.51. The summed E-state index contributed by atoms with van der Waals surface area (Å²) in [6, 6.07) is 0. The molecule has 0 spiro atoms. The van der Waals surface area contributed by atoms with E-state index < -0.39 is 0 Å². The van der Waals surface area contributed by atoms with Gasteiger partial charge in [-0.25, -0.2) is 0 Å². The van der Waals surface area contributed by atoms with Crippen molar-refractivity contribution < 1.29 is 19.1 Å². The number of carbonyl (C=O) groups is 2. The van der Waals surface area contributed by atoms with Crippen LogP contribution >= 0.6 is 0 Å². The molecule has 4 heteroatoms. The van der Waals surface area contributed by atoms with Crippen LogP contribution in [0.4, 0.5) is 0 Å². The van der Waals surface area contributed by atoms with Gasteiger partial charge in [0.25, 0.3) is 0 Å². The Morgan fingerprint density at radius 2 is 1.86 bits per heavy atom. The van der Waals surface area contributed by atoms with E-state index in [1.54, 1.807) is 6.92 Å². The summed E-state index contributed by atoms with van der Waals surface area (Å²) in [4.78, 5) is 23.8. The molecule has 0 aliphatic heterocycles. The third-order valence-corrected chi connectivity index (χ3v) is 5.01. The van der Waals surface area contributed by atoms with Crippen molar-refractivity contribution in [1.29, 1.82) is 0 Å². The fourth-order valence-electron chi connectivity index (χ4n) is 3.35. The molecule has 0 aromatic heterocycles. The smallest absolute Gasteiger partial charge is 0.309 e. The third kappa shape index (κ3) is 4.99. The number of ether oxygens (including phenoxy) is 2. The van der Waals surface area contributed by atoms with Gasteiger partial charge < -0.3 is 9.47 Å². The number of carbonyl (C=O) groups excluding carboxylic acids is 2. The van der Waals surface area contributed by atoms with Crippen molar-refractivity contribution in [3.63, 3.8) is 0 Å². The summed E-state index contributed by atoms with van der Waals surface area (Å²) in [5.74, 6) is 0.104. The number of hydrogen-bond donors (Lipinski definition) is 0. The van der Waals surface area contributed by atoms with Crippen LogP contribution in [0.2, 0.25) is 0 Å². The van der Waals surface area contributed by atoms with Crippen molar-refractivity contribution in [2.75, 3.05) is 6.61 Å². The maximum Gasteiger partial charge on any atom is 0.309 e. The molecule has 0 amide bonds. The number of hydrogen-bond acceptors (Lipinski definition) is 4. The summed E-state index contributed by atoms with van der Waals surface area (Å²) in [5, 5.41) is 0. The van der Waals surface area contributed by atoms with Gasteiger partial charge >= 0.3 is 11.9 Å². The largest absolute Gasteiger partial charge is 0.462 e. The lowest BCUT2D eigenvalue weighted by Crippen LogP contribution is -2.33. The molecule has 0 heterocycles. The Bertz CT molecular complexity index is 411. The average Bonchev–Trinajstić information content (AvgIpc) is 3.27. The molecule has 126 valence electrons. The van der Waals surface area contributed by atoms with E-state index in [0.29, 0.717) is 11.3 Å². The first-order chi connectivity index (χ1) is 10.3. The van der Waals surface area contributed by atoms with Crippen molar-refractivity contribution in [2.45, 2.75) is 72.3 Å². The van der Waals surface area contributed by atoms with Crippen LogP contribution in [-0.2, 0) is 19.1 Å². The fraction of sp³-hybridized carbons (Fsp3) is 0.889. The van der Waals surface area contributed by atoms with E-state index in [-0.39, 0.29) is 36.5 Å². The van der Waals surface area contributed by atoms with E-state index in [4.69, 9.17) is 9.47 Å². The van der Waals surface area contributed by atoms with Gasteiger partial charge in [-0.1, -0.05) is 27.2 Å². The summed E-state index contributed by atoms with van der Waals surface area (Å²) in [6.45, 7) is 8.48.